The first-order chi connectivity index (χ1) is 16.5. The van der Waals surface area contributed by atoms with Crippen molar-refractivity contribution in [2.45, 2.75) is 52.0 Å². The van der Waals surface area contributed by atoms with Crippen LogP contribution in [0, 0.1) is 13.8 Å². The molecular weight excluding hydrogens is 448 g/mol. The number of hydrogen-bond donors (Lipinski definition) is 3. The lowest BCUT2D eigenvalue weighted by molar-refractivity contribution is 0.355. The minimum absolute atomic E-state index is 0.473. The van der Waals surface area contributed by atoms with Gasteiger partial charge in [-0.2, -0.15) is 0 Å². The molecule has 1 aromatic heterocycles. The SMILES string of the molecule is COc1cc2nccc(Oc3cc(C)c(NC(=S)NNC4CCCCC4)cc3C)c2cc1OC. The van der Waals surface area contributed by atoms with E-state index in [4.69, 9.17) is 26.4 Å². The van der Waals surface area contributed by atoms with Crippen LogP contribution in [0.3, 0.4) is 0 Å². The fourth-order valence-corrected chi connectivity index (χ4v) is 4.43. The molecule has 3 N–H and O–H groups in total. The van der Waals surface area contributed by atoms with E-state index in [1.807, 2.05) is 44.2 Å². The Morgan fingerprint density at radius 1 is 0.912 bits per heavy atom. The summed E-state index contributed by atoms with van der Waals surface area (Å²) in [5.41, 5.74) is 10.2. The van der Waals surface area contributed by atoms with Crippen molar-refractivity contribution in [3.8, 4) is 23.0 Å². The lowest BCUT2D eigenvalue weighted by atomic mass is 9.96. The third-order valence-electron chi connectivity index (χ3n) is 6.19. The number of methoxy groups -OCH3 is 2. The van der Waals surface area contributed by atoms with Crippen molar-refractivity contribution in [3.05, 3.63) is 47.7 Å². The molecule has 3 aromatic rings. The van der Waals surface area contributed by atoms with Crippen molar-refractivity contribution in [2.75, 3.05) is 19.5 Å². The van der Waals surface area contributed by atoms with Crippen LogP contribution in [0.1, 0.15) is 43.2 Å². The highest BCUT2D eigenvalue weighted by Crippen LogP contribution is 2.38. The van der Waals surface area contributed by atoms with Crippen molar-refractivity contribution < 1.29 is 14.2 Å². The predicted molar refractivity (Wildman–Crippen MR) is 140 cm³/mol. The van der Waals surface area contributed by atoms with Crippen LogP contribution in [0.4, 0.5) is 5.69 Å². The van der Waals surface area contributed by atoms with E-state index in [2.05, 4.69) is 21.2 Å². The van der Waals surface area contributed by atoms with E-state index in [0.717, 1.165) is 33.5 Å². The number of hydrazine groups is 1. The Hall–Kier alpha value is -3.10. The predicted octanol–water partition coefficient (Wildman–Crippen LogP) is 5.78. The zero-order valence-corrected chi connectivity index (χ0v) is 21.0. The Morgan fingerprint density at radius 2 is 1.65 bits per heavy atom. The summed E-state index contributed by atoms with van der Waals surface area (Å²) >= 11 is 5.50. The van der Waals surface area contributed by atoms with E-state index >= 15 is 0 Å². The second-order valence-corrected chi connectivity index (χ2v) is 9.03. The molecule has 1 saturated carbocycles. The van der Waals surface area contributed by atoms with Gasteiger partial charge >= 0.3 is 0 Å². The molecule has 0 radical (unpaired) electrons. The van der Waals surface area contributed by atoms with Crippen molar-refractivity contribution in [2.24, 2.45) is 0 Å². The maximum absolute atomic E-state index is 6.34. The molecule has 0 spiro atoms. The van der Waals surface area contributed by atoms with Gasteiger partial charge < -0.3 is 19.5 Å². The topological polar surface area (TPSA) is 76.7 Å². The fourth-order valence-electron chi connectivity index (χ4n) is 4.26. The molecule has 0 aliphatic heterocycles. The Morgan fingerprint density at radius 3 is 2.38 bits per heavy atom. The molecule has 180 valence electrons. The van der Waals surface area contributed by atoms with Gasteiger partial charge in [-0.1, -0.05) is 19.3 Å². The number of benzene rings is 2. The minimum atomic E-state index is 0.473. The van der Waals surface area contributed by atoms with Gasteiger partial charge in [0.2, 0.25) is 0 Å². The maximum atomic E-state index is 6.34. The van der Waals surface area contributed by atoms with Gasteiger partial charge in [0.1, 0.15) is 11.5 Å². The molecule has 0 amide bonds. The highest BCUT2D eigenvalue weighted by molar-refractivity contribution is 7.80. The van der Waals surface area contributed by atoms with Crippen LogP contribution >= 0.6 is 12.2 Å². The first-order valence-corrected chi connectivity index (χ1v) is 12.0. The van der Waals surface area contributed by atoms with Gasteiger partial charge in [-0.25, -0.2) is 5.43 Å². The van der Waals surface area contributed by atoms with Gasteiger partial charge in [0.15, 0.2) is 16.6 Å². The van der Waals surface area contributed by atoms with Gasteiger partial charge in [0.25, 0.3) is 0 Å². The van der Waals surface area contributed by atoms with Gasteiger partial charge in [0.05, 0.1) is 19.7 Å². The second-order valence-electron chi connectivity index (χ2n) is 8.63. The number of ether oxygens (including phenoxy) is 3. The number of anilines is 1. The lowest BCUT2D eigenvalue weighted by Crippen LogP contribution is -2.46. The first kappa shape index (κ1) is 24.0. The summed E-state index contributed by atoms with van der Waals surface area (Å²) in [6, 6.07) is 10.1. The molecule has 0 bridgehead atoms. The number of rotatable bonds is 7. The molecule has 1 heterocycles. The molecule has 0 saturated heterocycles. The number of thiocarbonyl (C=S) groups is 1. The number of aromatic nitrogens is 1. The number of aryl methyl sites for hydroxylation is 2. The zero-order valence-electron chi connectivity index (χ0n) is 20.2. The van der Waals surface area contributed by atoms with Crippen LogP contribution in [0.5, 0.6) is 23.0 Å². The maximum Gasteiger partial charge on any atom is 0.185 e. The summed E-state index contributed by atoms with van der Waals surface area (Å²) in [6.45, 7) is 4.05. The largest absolute Gasteiger partial charge is 0.493 e. The highest BCUT2D eigenvalue weighted by Gasteiger charge is 2.15. The first-order valence-electron chi connectivity index (χ1n) is 11.6. The Bertz CT molecular complexity index is 1180. The van der Waals surface area contributed by atoms with E-state index in [0.29, 0.717) is 28.4 Å². The summed E-state index contributed by atoms with van der Waals surface area (Å²) in [6.07, 6.45) is 7.96. The standard InChI is InChI=1S/C26H32N4O3S/c1-16-13-23(17(2)12-20(16)28-26(34)30-29-18-8-6-5-7-9-18)33-22-10-11-27-21-15-25(32-4)24(31-3)14-19(21)22/h10-15,18,29H,5-9H2,1-4H3,(H2,28,30,34). The van der Waals surface area contributed by atoms with Crippen LogP contribution in [-0.2, 0) is 0 Å². The lowest BCUT2D eigenvalue weighted by Gasteiger charge is -2.24. The summed E-state index contributed by atoms with van der Waals surface area (Å²) in [7, 11) is 3.23. The smallest absolute Gasteiger partial charge is 0.185 e. The van der Waals surface area contributed by atoms with Crippen LogP contribution in [0.25, 0.3) is 10.9 Å². The normalized spacial score (nSPS) is 14.0. The van der Waals surface area contributed by atoms with Crippen LogP contribution in [-0.4, -0.2) is 30.4 Å². The number of nitrogens with zero attached hydrogens (tertiary/aromatic N) is 1. The molecular formula is C26H32N4O3S. The van der Waals surface area contributed by atoms with Crippen LogP contribution in [0.15, 0.2) is 36.5 Å². The van der Waals surface area contributed by atoms with Crippen molar-refractivity contribution in [3.63, 3.8) is 0 Å². The van der Waals surface area contributed by atoms with Gasteiger partial charge in [0, 0.05) is 29.4 Å². The molecule has 0 unspecified atom stereocenters. The summed E-state index contributed by atoms with van der Waals surface area (Å²) in [5, 5.41) is 4.71. The van der Waals surface area contributed by atoms with Gasteiger partial charge in [-0.3, -0.25) is 10.4 Å². The van der Waals surface area contributed by atoms with Crippen molar-refractivity contribution >= 4 is 33.9 Å². The molecule has 8 heteroatoms. The van der Waals surface area contributed by atoms with Crippen LogP contribution < -0.4 is 30.4 Å². The average molecular weight is 481 g/mol. The summed E-state index contributed by atoms with van der Waals surface area (Å²) in [4.78, 5) is 4.45. The molecule has 4 rings (SSSR count). The molecule has 1 aliphatic carbocycles. The third kappa shape index (κ3) is 5.51. The Labute approximate surface area is 206 Å². The monoisotopic (exact) mass is 480 g/mol. The minimum Gasteiger partial charge on any atom is -0.493 e. The number of hydrogen-bond acceptors (Lipinski definition) is 6. The van der Waals surface area contributed by atoms with Crippen molar-refractivity contribution in [1.82, 2.24) is 15.8 Å². The van der Waals surface area contributed by atoms with E-state index in [1.54, 1.807) is 20.4 Å². The molecule has 1 fully saturated rings. The third-order valence-corrected chi connectivity index (χ3v) is 6.40. The second kappa shape index (κ2) is 10.9. The molecule has 1 aliphatic rings. The van der Waals surface area contributed by atoms with Gasteiger partial charge in [-0.15, -0.1) is 0 Å². The van der Waals surface area contributed by atoms with Gasteiger partial charge in [-0.05, 0) is 74.3 Å². The Kier molecular flexibility index (Phi) is 7.70. The highest BCUT2D eigenvalue weighted by atomic mass is 32.1. The number of nitrogens with one attached hydrogen (secondary N) is 3. The van der Waals surface area contributed by atoms with E-state index in [9.17, 15) is 0 Å². The molecule has 34 heavy (non-hydrogen) atoms. The number of pyridine rings is 1. The fraction of sp³-hybridized carbons (Fsp3) is 0.385. The zero-order chi connectivity index (χ0) is 24.1. The van der Waals surface area contributed by atoms with E-state index < -0.39 is 0 Å². The molecule has 0 atom stereocenters. The molecule has 7 nitrogen and oxygen atoms in total. The number of fused-ring (bicyclic) bond motifs is 1. The Balaban J connectivity index is 1.50. The summed E-state index contributed by atoms with van der Waals surface area (Å²) < 4.78 is 17.2. The summed E-state index contributed by atoms with van der Waals surface area (Å²) in [5.74, 6) is 2.72. The van der Waals surface area contributed by atoms with E-state index in [1.165, 1.54) is 32.1 Å². The quantitative estimate of drug-likeness (QED) is 0.290. The molecule has 2 aromatic carbocycles. The van der Waals surface area contributed by atoms with Crippen LogP contribution in [0.2, 0.25) is 0 Å². The van der Waals surface area contributed by atoms with E-state index in [-0.39, 0.29) is 0 Å². The average Bonchev–Trinajstić information content (AvgIpc) is 2.85. The van der Waals surface area contributed by atoms with Crippen molar-refractivity contribution in [1.29, 1.82) is 0 Å².